The van der Waals surface area contributed by atoms with Crippen molar-refractivity contribution in [3.05, 3.63) is 23.9 Å². The number of hydrogen-bond acceptors (Lipinski definition) is 4. The number of nitrogens with one attached hydrogen (secondary N) is 2. The fourth-order valence-electron chi connectivity index (χ4n) is 3.88. The zero-order chi connectivity index (χ0) is 23.0. The molecule has 1 aliphatic carbocycles. The van der Waals surface area contributed by atoms with Crippen molar-refractivity contribution in [1.29, 1.82) is 0 Å². The van der Waals surface area contributed by atoms with Crippen molar-refractivity contribution >= 4 is 30.2 Å². The van der Waals surface area contributed by atoms with Crippen LogP contribution in [0.4, 0.5) is 32.6 Å². The number of carbonyl (C=O) groups excluding carboxylic acids is 2. The topological polar surface area (TPSA) is 100 Å². The number of amides is 3. The van der Waals surface area contributed by atoms with Gasteiger partial charge in [0, 0.05) is 19.0 Å². The Morgan fingerprint density at radius 3 is 2.53 bits per heavy atom. The van der Waals surface area contributed by atoms with Gasteiger partial charge in [0.25, 0.3) is 0 Å². The van der Waals surface area contributed by atoms with Crippen molar-refractivity contribution in [1.82, 2.24) is 15.2 Å². The molecular formula is C19H25ClF5N5O2. The lowest BCUT2D eigenvalue weighted by Crippen LogP contribution is -2.44. The summed E-state index contributed by atoms with van der Waals surface area (Å²) in [6.07, 6.45) is -3.57. The second kappa shape index (κ2) is 9.74. The van der Waals surface area contributed by atoms with Gasteiger partial charge in [0.2, 0.25) is 11.8 Å². The molecule has 0 bridgehead atoms. The van der Waals surface area contributed by atoms with Gasteiger partial charge in [0.05, 0.1) is 18.6 Å². The van der Waals surface area contributed by atoms with E-state index in [4.69, 9.17) is 5.73 Å². The number of pyridine rings is 1. The van der Waals surface area contributed by atoms with Gasteiger partial charge in [-0.05, 0) is 43.4 Å². The van der Waals surface area contributed by atoms with Gasteiger partial charge in [-0.1, -0.05) is 0 Å². The molecule has 180 valence electrons. The van der Waals surface area contributed by atoms with Crippen LogP contribution in [-0.2, 0) is 4.79 Å². The van der Waals surface area contributed by atoms with Crippen molar-refractivity contribution in [2.75, 3.05) is 11.9 Å². The number of nitrogens with zero attached hydrogens (tertiary/aromatic N) is 2. The first-order valence-electron chi connectivity index (χ1n) is 9.91. The third-order valence-electron chi connectivity index (χ3n) is 5.89. The molecule has 0 unspecified atom stereocenters. The van der Waals surface area contributed by atoms with E-state index in [2.05, 4.69) is 10.3 Å². The van der Waals surface area contributed by atoms with Gasteiger partial charge < -0.3 is 21.3 Å². The molecule has 1 aromatic rings. The summed E-state index contributed by atoms with van der Waals surface area (Å²) in [5.74, 6) is -3.58. The highest BCUT2D eigenvalue weighted by molar-refractivity contribution is 5.94. The average molecular weight is 486 g/mol. The molecule has 0 radical (unpaired) electrons. The molecule has 1 saturated carbocycles. The van der Waals surface area contributed by atoms with Gasteiger partial charge in [0.15, 0.2) is 0 Å². The van der Waals surface area contributed by atoms with Crippen LogP contribution in [0.5, 0.6) is 0 Å². The third kappa shape index (κ3) is 5.97. The standard InChI is InChI=1S/C19H24F5N5O2.ClH/c1-10(29-9-13(19(22,23)24)27-17(29)31)12-4-7-26-14(8-12)28-16(30)15(25)11-2-5-18(20,21)6-3-11;/h4,7-8,10-11,13,15H,2-3,5-6,9,25H2,1H3,(H,27,31)(H,26,28,30);1H/t10-,13+,15+;/m1./s1. The zero-order valence-electron chi connectivity index (χ0n) is 17.2. The van der Waals surface area contributed by atoms with Gasteiger partial charge in [0.1, 0.15) is 11.9 Å². The fraction of sp³-hybridized carbons (Fsp3) is 0.632. The number of urea groups is 1. The molecule has 1 aliphatic heterocycles. The fourth-order valence-corrected chi connectivity index (χ4v) is 3.88. The Balaban J connectivity index is 0.00000363. The molecule has 32 heavy (non-hydrogen) atoms. The maximum Gasteiger partial charge on any atom is 0.410 e. The monoisotopic (exact) mass is 485 g/mol. The van der Waals surface area contributed by atoms with E-state index in [-0.39, 0.29) is 49.8 Å². The first kappa shape index (κ1) is 26.0. The summed E-state index contributed by atoms with van der Waals surface area (Å²) in [5, 5.41) is 4.43. The number of alkyl halides is 5. The van der Waals surface area contributed by atoms with Crippen LogP contribution >= 0.6 is 12.4 Å². The van der Waals surface area contributed by atoms with E-state index in [1.165, 1.54) is 18.3 Å². The molecule has 4 N–H and O–H groups in total. The lowest BCUT2D eigenvalue weighted by Gasteiger charge is -2.31. The number of hydrogen-bond donors (Lipinski definition) is 3. The van der Waals surface area contributed by atoms with Crippen LogP contribution in [-0.4, -0.2) is 52.5 Å². The second-order valence-electron chi connectivity index (χ2n) is 8.05. The lowest BCUT2D eigenvalue weighted by atomic mass is 9.82. The molecule has 13 heteroatoms. The summed E-state index contributed by atoms with van der Waals surface area (Å²) in [7, 11) is 0. The quantitative estimate of drug-likeness (QED) is 0.555. The molecule has 7 nitrogen and oxygen atoms in total. The minimum absolute atomic E-state index is 0. The van der Waals surface area contributed by atoms with Gasteiger partial charge >= 0.3 is 12.2 Å². The van der Waals surface area contributed by atoms with Crippen molar-refractivity contribution in [2.45, 2.75) is 62.8 Å². The Morgan fingerprint density at radius 1 is 1.34 bits per heavy atom. The molecule has 2 fully saturated rings. The Kier molecular flexibility index (Phi) is 7.92. The minimum Gasteiger partial charge on any atom is -0.324 e. The molecule has 0 aromatic carbocycles. The van der Waals surface area contributed by atoms with Crippen LogP contribution < -0.4 is 16.4 Å². The van der Waals surface area contributed by atoms with E-state index < -0.39 is 48.7 Å². The van der Waals surface area contributed by atoms with Gasteiger partial charge in [-0.15, -0.1) is 12.4 Å². The number of rotatable bonds is 5. The molecular weight excluding hydrogens is 461 g/mol. The van der Waals surface area contributed by atoms with Crippen molar-refractivity contribution in [3.8, 4) is 0 Å². The zero-order valence-corrected chi connectivity index (χ0v) is 18.0. The normalized spacial score (nSPS) is 23.2. The highest BCUT2D eigenvalue weighted by Gasteiger charge is 2.48. The molecule has 1 saturated heterocycles. The second-order valence-corrected chi connectivity index (χ2v) is 8.05. The first-order valence-corrected chi connectivity index (χ1v) is 9.91. The van der Waals surface area contributed by atoms with Crippen molar-refractivity contribution in [2.24, 2.45) is 11.7 Å². The number of carbonyl (C=O) groups is 2. The van der Waals surface area contributed by atoms with Crippen LogP contribution in [0.3, 0.4) is 0 Å². The Bertz CT molecular complexity index is 831. The van der Waals surface area contributed by atoms with Crippen molar-refractivity contribution < 1.29 is 31.5 Å². The minimum atomic E-state index is -4.55. The van der Waals surface area contributed by atoms with E-state index in [0.717, 1.165) is 4.90 Å². The van der Waals surface area contributed by atoms with Gasteiger partial charge in [-0.25, -0.2) is 18.6 Å². The summed E-state index contributed by atoms with van der Waals surface area (Å²) in [6, 6.07) is -1.52. The Labute approximate surface area is 187 Å². The van der Waals surface area contributed by atoms with Crippen molar-refractivity contribution in [3.63, 3.8) is 0 Å². The maximum absolute atomic E-state index is 13.3. The third-order valence-corrected chi connectivity index (χ3v) is 5.89. The summed E-state index contributed by atoms with van der Waals surface area (Å²) >= 11 is 0. The number of anilines is 1. The molecule has 3 atom stereocenters. The number of aromatic nitrogens is 1. The Hall–Kier alpha value is -2.21. The van der Waals surface area contributed by atoms with Crippen LogP contribution in [0.15, 0.2) is 18.3 Å². The molecule has 2 aliphatic rings. The molecule has 0 spiro atoms. The summed E-state index contributed by atoms with van der Waals surface area (Å²) < 4.78 is 65.3. The molecule has 3 rings (SSSR count). The van der Waals surface area contributed by atoms with E-state index in [1.807, 2.05) is 5.32 Å². The summed E-state index contributed by atoms with van der Waals surface area (Å²) in [6.45, 7) is 1.03. The highest BCUT2D eigenvalue weighted by atomic mass is 35.5. The predicted molar refractivity (Wildman–Crippen MR) is 108 cm³/mol. The van der Waals surface area contributed by atoms with Crippen LogP contribution in [0.25, 0.3) is 0 Å². The highest BCUT2D eigenvalue weighted by Crippen LogP contribution is 2.37. The number of nitrogens with two attached hydrogens (primary N) is 1. The van der Waals surface area contributed by atoms with Crippen LogP contribution in [0, 0.1) is 5.92 Å². The number of halogens is 6. The predicted octanol–water partition coefficient (Wildman–Crippen LogP) is 3.61. The molecule has 1 aromatic heterocycles. The van der Waals surface area contributed by atoms with Gasteiger partial charge in [-0.3, -0.25) is 4.79 Å². The van der Waals surface area contributed by atoms with Crippen LogP contribution in [0.2, 0.25) is 0 Å². The van der Waals surface area contributed by atoms with E-state index in [1.54, 1.807) is 6.92 Å². The van der Waals surface area contributed by atoms with E-state index in [9.17, 15) is 31.5 Å². The SMILES string of the molecule is C[C@H](c1ccnc(NC(=O)[C@@H](N)C2CCC(F)(F)CC2)c1)N1C[C@@H](C(F)(F)F)NC1=O.Cl. The summed E-state index contributed by atoms with van der Waals surface area (Å²) in [4.78, 5) is 29.5. The van der Waals surface area contributed by atoms with Gasteiger partial charge in [-0.2, -0.15) is 13.2 Å². The smallest absolute Gasteiger partial charge is 0.324 e. The molecule has 3 amide bonds. The largest absolute Gasteiger partial charge is 0.410 e. The Morgan fingerprint density at radius 2 is 1.97 bits per heavy atom. The van der Waals surface area contributed by atoms with Crippen LogP contribution in [0.1, 0.15) is 44.2 Å². The first-order chi connectivity index (χ1) is 14.4. The average Bonchev–Trinajstić information content (AvgIpc) is 3.09. The maximum atomic E-state index is 13.3. The lowest BCUT2D eigenvalue weighted by molar-refractivity contribution is -0.150. The van der Waals surface area contributed by atoms with E-state index in [0.29, 0.717) is 5.56 Å². The molecule has 2 heterocycles. The summed E-state index contributed by atoms with van der Waals surface area (Å²) in [5.41, 5.74) is 6.41. The van der Waals surface area contributed by atoms with E-state index >= 15 is 0 Å².